The third kappa shape index (κ3) is 3.99. The minimum atomic E-state index is -0.800. The Balaban J connectivity index is 1.56. The fourth-order valence-electron chi connectivity index (χ4n) is 3.89. The summed E-state index contributed by atoms with van der Waals surface area (Å²) in [7, 11) is 0. The lowest BCUT2D eigenvalue weighted by molar-refractivity contribution is -0.516. The monoisotopic (exact) mass is 389 g/mol. The standard InChI is InChI=1S/C21H27NO6/c1-20(2)24-13-15(26-20)17-16(18-19(25-17)28-21(3,4)27-18)22(23)12-8-11-14-9-6-5-7-10-14/h5-12,15-19H,13H2,1-4H3/b11-8+,22-12-/t15-,16-,17-,18-,19-/m1/s1. The van der Waals surface area contributed by atoms with Gasteiger partial charge in [-0.3, -0.25) is 0 Å². The number of ether oxygens (including phenoxy) is 5. The average Bonchev–Trinajstić information content (AvgIpc) is 3.24. The van der Waals surface area contributed by atoms with E-state index >= 15 is 0 Å². The van der Waals surface area contributed by atoms with Crippen LogP contribution in [0.5, 0.6) is 0 Å². The molecular formula is C21H27NO6. The second-order valence-electron chi connectivity index (χ2n) is 8.21. The highest BCUT2D eigenvalue weighted by molar-refractivity contribution is 5.74. The van der Waals surface area contributed by atoms with E-state index in [1.54, 1.807) is 6.08 Å². The van der Waals surface area contributed by atoms with E-state index in [4.69, 9.17) is 23.7 Å². The Bertz CT molecular complexity index is 759. The van der Waals surface area contributed by atoms with Crippen LogP contribution < -0.4 is 0 Å². The molecule has 1 aromatic rings. The molecule has 0 aromatic heterocycles. The van der Waals surface area contributed by atoms with Crippen molar-refractivity contribution in [1.82, 2.24) is 0 Å². The van der Waals surface area contributed by atoms with Gasteiger partial charge in [-0.2, -0.15) is 0 Å². The highest BCUT2D eigenvalue weighted by Crippen LogP contribution is 2.41. The molecule has 0 amide bonds. The molecule has 3 heterocycles. The Labute approximate surface area is 165 Å². The van der Waals surface area contributed by atoms with Crippen molar-refractivity contribution in [1.29, 1.82) is 0 Å². The number of benzene rings is 1. The predicted molar refractivity (Wildman–Crippen MR) is 103 cm³/mol. The normalized spacial score (nSPS) is 36.9. The molecule has 0 bridgehead atoms. The van der Waals surface area contributed by atoms with E-state index < -0.39 is 36.1 Å². The molecule has 28 heavy (non-hydrogen) atoms. The molecule has 7 heteroatoms. The highest BCUT2D eigenvalue weighted by Gasteiger charge is 2.62. The SMILES string of the molecule is CC1(C)O[C@H]2O[C@H]([C@H]3COC(C)(C)O3)[C@@H](/[N+]([O-])=C/C=C/c3ccccc3)[C@H]2O1. The lowest BCUT2D eigenvalue weighted by Gasteiger charge is -2.27. The van der Waals surface area contributed by atoms with E-state index in [0.717, 1.165) is 10.3 Å². The molecule has 152 valence electrons. The van der Waals surface area contributed by atoms with Crippen molar-refractivity contribution >= 4 is 12.3 Å². The maximum Gasteiger partial charge on any atom is 0.222 e. The third-order valence-corrected chi connectivity index (χ3v) is 5.06. The molecule has 0 unspecified atom stereocenters. The van der Waals surface area contributed by atoms with Gasteiger partial charge in [0, 0.05) is 6.08 Å². The van der Waals surface area contributed by atoms with Crippen LogP contribution in [-0.2, 0) is 23.7 Å². The molecule has 0 radical (unpaired) electrons. The molecular weight excluding hydrogens is 362 g/mol. The van der Waals surface area contributed by atoms with E-state index in [-0.39, 0.29) is 6.10 Å². The van der Waals surface area contributed by atoms with Crippen LogP contribution in [0.2, 0.25) is 0 Å². The Hall–Kier alpha value is -1.77. The molecule has 4 rings (SSSR count). The van der Waals surface area contributed by atoms with Gasteiger partial charge in [0.1, 0.15) is 6.10 Å². The predicted octanol–water partition coefficient (Wildman–Crippen LogP) is 2.68. The number of fused-ring (bicyclic) bond motifs is 1. The average molecular weight is 389 g/mol. The highest BCUT2D eigenvalue weighted by atomic mass is 16.8. The second kappa shape index (κ2) is 7.24. The van der Waals surface area contributed by atoms with Gasteiger partial charge in [-0.1, -0.05) is 30.3 Å². The smallest absolute Gasteiger partial charge is 0.222 e. The Morgan fingerprint density at radius 2 is 1.75 bits per heavy atom. The maximum atomic E-state index is 13.0. The quantitative estimate of drug-likeness (QED) is 0.341. The molecule has 0 aliphatic carbocycles. The largest absolute Gasteiger partial charge is 0.623 e. The molecule has 0 N–H and O–H groups in total. The Morgan fingerprint density at radius 3 is 2.43 bits per heavy atom. The summed E-state index contributed by atoms with van der Waals surface area (Å²) in [4.78, 5) is 0. The van der Waals surface area contributed by atoms with Crippen molar-refractivity contribution < 1.29 is 28.4 Å². The van der Waals surface area contributed by atoms with Crippen molar-refractivity contribution in [2.45, 2.75) is 69.9 Å². The van der Waals surface area contributed by atoms with Crippen LogP contribution in [0.1, 0.15) is 33.3 Å². The van der Waals surface area contributed by atoms with Crippen molar-refractivity contribution in [3.63, 3.8) is 0 Å². The van der Waals surface area contributed by atoms with Gasteiger partial charge in [0.05, 0.1) is 6.61 Å². The fraction of sp³-hybridized carbons (Fsp3) is 0.571. The summed E-state index contributed by atoms with van der Waals surface area (Å²) in [6, 6.07) is 9.19. The van der Waals surface area contributed by atoms with Gasteiger partial charge in [-0.05, 0) is 39.3 Å². The van der Waals surface area contributed by atoms with Gasteiger partial charge >= 0.3 is 0 Å². The van der Waals surface area contributed by atoms with E-state index in [0.29, 0.717) is 6.61 Å². The molecule has 5 atom stereocenters. The number of hydrogen-bond donors (Lipinski definition) is 0. The summed E-state index contributed by atoms with van der Waals surface area (Å²) in [5.74, 6) is -1.51. The van der Waals surface area contributed by atoms with E-state index in [2.05, 4.69) is 0 Å². The number of hydrogen-bond acceptors (Lipinski definition) is 6. The molecule has 0 spiro atoms. The van der Waals surface area contributed by atoms with E-state index in [9.17, 15) is 5.21 Å². The number of hydroxylamine groups is 1. The Morgan fingerprint density at radius 1 is 1.00 bits per heavy atom. The molecule has 3 saturated heterocycles. The molecule has 3 aliphatic rings. The van der Waals surface area contributed by atoms with Crippen LogP contribution in [0.25, 0.3) is 6.08 Å². The zero-order valence-corrected chi connectivity index (χ0v) is 16.6. The molecule has 1 aromatic carbocycles. The first-order chi connectivity index (χ1) is 13.2. The van der Waals surface area contributed by atoms with Gasteiger partial charge in [0.25, 0.3) is 0 Å². The lowest BCUT2D eigenvalue weighted by atomic mass is 10.0. The Kier molecular flexibility index (Phi) is 5.05. The first-order valence-corrected chi connectivity index (χ1v) is 9.59. The van der Waals surface area contributed by atoms with Crippen molar-refractivity contribution in [3.8, 4) is 0 Å². The maximum absolute atomic E-state index is 13.0. The summed E-state index contributed by atoms with van der Waals surface area (Å²) < 4.78 is 30.4. The second-order valence-corrected chi connectivity index (χ2v) is 8.21. The fourth-order valence-corrected chi connectivity index (χ4v) is 3.89. The van der Waals surface area contributed by atoms with Crippen molar-refractivity contribution in [3.05, 3.63) is 47.2 Å². The topological polar surface area (TPSA) is 72.2 Å². The lowest BCUT2D eigenvalue weighted by Crippen LogP contribution is -2.47. The first kappa shape index (κ1) is 19.5. The van der Waals surface area contributed by atoms with Crippen LogP contribution in [-0.4, -0.2) is 59.8 Å². The van der Waals surface area contributed by atoms with Gasteiger partial charge in [0.15, 0.2) is 36.3 Å². The van der Waals surface area contributed by atoms with Crippen molar-refractivity contribution in [2.75, 3.05) is 6.61 Å². The third-order valence-electron chi connectivity index (χ3n) is 5.06. The summed E-state index contributed by atoms with van der Waals surface area (Å²) in [5, 5.41) is 13.0. The van der Waals surface area contributed by atoms with Crippen LogP contribution in [0.4, 0.5) is 0 Å². The van der Waals surface area contributed by atoms with Crippen LogP contribution in [0.3, 0.4) is 0 Å². The zero-order valence-electron chi connectivity index (χ0n) is 16.6. The molecule has 3 fully saturated rings. The van der Waals surface area contributed by atoms with Crippen LogP contribution >= 0.6 is 0 Å². The molecule has 7 nitrogen and oxygen atoms in total. The summed E-state index contributed by atoms with van der Waals surface area (Å²) >= 11 is 0. The van der Waals surface area contributed by atoms with Gasteiger partial charge in [-0.25, -0.2) is 4.74 Å². The first-order valence-electron chi connectivity index (χ1n) is 9.59. The van der Waals surface area contributed by atoms with Gasteiger partial charge in [0.2, 0.25) is 6.04 Å². The van der Waals surface area contributed by atoms with Gasteiger partial charge in [-0.15, -0.1) is 0 Å². The molecule has 3 aliphatic heterocycles. The number of rotatable bonds is 4. The van der Waals surface area contributed by atoms with Crippen molar-refractivity contribution in [2.24, 2.45) is 0 Å². The summed E-state index contributed by atoms with van der Waals surface area (Å²) in [6.07, 6.45) is 3.08. The number of nitrogens with zero attached hydrogens (tertiary/aromatic N) is 1. The van der Waals surface area contributed by atoms with Gasteiger partial charge < -0.3 is 28.9 Å². The minimum Gasteiger partial charge on any atom is -0.623 e. The minimum absolute atomic E-state index is 0.352. The number of allylic oxidation sites excluding steroid dienone is 1. The zero-order chi connectivity index (χ0) is 19.9. The summed E-state index contributed by atoms with van der Waals surface area (Å²) in [6.45, 7) is 7.67. The van der Waals surface area contributed by atoms with E-state index in [1.165, 1.54) is 6.21 Å². The molecule has 0 saturated carbocycles. The van der Waals surface area contributed by atoms with Crippen LogP contribution in [0.15, 0.2) is 36.4 Å². The summed E-state index contributed by atoms with van der Waals surface area (Å²) in [5.41, 5.74) is 1.01. The van der Waals surface area contributed by atoms with E-state index in [1.807, 2.05) is 64.1 Å². The van der Waals surface area contributed by atoms with Crippen LogP contribution in [0, 0.1) is 5.21 Å².